The van der Waals surface area contributed by atoms with Crippen LogP contribution in [0.25, 0.3) is 0 Å². The molecule has 2 heterocycles. The highest BCUT2D eigenvalue weighted by Gasteiger charge is 2.32. The Bertz CT molecular complexity index is 580. The van der Waals surface area contributed by atoms with Crippen LogP contribution in [0.4, 0.5) is 0 Å². The van der Waals surface area contributed by atoms with Gasteiger partial charge in [-0.3, -0.25) is 4.79 Å². The van der Waals surface area contributed by atoms with E-state index in [0.717, 1.165) is 0 Å². The van der Waals surface area contributed by atoms with Crippen molar-refractivity contribution in [3.63, 3.8) is 0 Å². The highest BCUT2D eigenvalue weighted by Crippen LogP contribution is 2.31. The van der Waals surface area contributed by atoms with Gasteiger partial charge < -0.3 is 24.8 Å². The summed E-state index contributed by atoms with van der Waals surface area (Å²) in [6.07, 6.45) is 0. The van der Waals surface area contributed by atoms with Gasteiger partial charge in [0.1, 0.15) is 19.3 Å². The number of halogens is 1. The second-order valence-electron chi connectivity index (χ2n) is 4.92. The third kappa shape index (κ3) is 3.10. The third-order valence-corrected chi connectivity index (χ3v) is 3.58. The van der Waals surface area contributed by atoms with E-state index in [0.29, 0.717) is 43.4 Å². The number of carbonyl (C=O) groups is 2. The quantitative estimate of drug-likeness (QED) is 0.816. The number of rotatable bonds is 2. The molecule has 1 unspecified atom stereocenters. The van der Waals surface area contributed by atoms with Crippen LogP contribution in [0.5, 0.6) is 11.5 Å². The van der Waals surface area contributed by atoms with Crippen LogP contribution in [0.2, 0.25) is 0 Å². The Morgan fingerprint density at radius 1 is 1.23 bits per heavy atom. The maximum absolute atomic E-state index is 12.5. The number of nitrogens with zero attached hydrogens (tertiary/aromatic N) is 1. The van der Waals surface area contributed by atoms with E-state index in [9.17, 15) is 14.7 Å². The maximum Gasteiger partial charge on any atom is 0.327 e. The normalized spacial score (nSPS) is 20.0. The maximum atomic E-state index is 12.5. The zero-order chi connectivity index (χ0) is 14.8. The van der Waals surface area contributed by atoms with Crippen LogP contribution in [0.15, 0.2) is 18.2 Å². The van der Waals surface area contributed by atoms with Gasteiger partial charge in [0.15, 0.2) is 11.5 Å². The third-order valence-electron chi connectivity index (χ3n) is 3.58. The molecule has 22 heavy (non-hydrogen) atoms. The van der Waals surface area contributed by atoms with Gasteiger partial charge in [0.2, 0.25) is 0 Å². The average molecular weight is 329 g/mol. The Kier molecular flexibility index (Phi) is 5.10. The van der Waals surface area contributed by atoms with Crippen molar-refractivity contribution in [1.82, 2.24) is 10.2 Å². The Morgan fingerprint density at radius 2 is 1.95 bits per heavy atom. The molecule has 0 radical (unpaired) electrons. The van der Waals surface area contributed by atoms with E-state index in [2.05, 4.69) is 5.32 Å². The van der Waals surface area contributed by atoms with E-state index in [1.165, 1.54) is 4.90 Å². The second kappa shape index (κ2) is 6.85. The van der Waals surface area contributed by atoms with Gasteiger partial charge in [-0.1, -0.05) is 0 Å². The van der Waals surface area contributed by atoms with Crippen molar-refractivity contribution >= 4 is 24.3 Å². The number of hydrogen-bond acceptors (Lipinski definition) is 5. The number of fused-ring (bicyclic) bond motifs is 1. The van der Waals surface area contributed by atoms with E-state index in [-0.39, 0.29) is 24.9 Å². The number of ether oxygens (including phenoxy) is 2. The zero-order valence-electron chi connectivity index (χ0n) is 11.8. The van der Waals surface area contributed by atoms with Crippen molar-refractivity contribution in [2.24, 2.45) is 0 Å². The molecule has 1 fully saturated rings. The highest BCUT2D eigenvalue weighted by molar-refractivity contribution is 5.97. The van der Waals surface area contributed by atoms with Gasteiger partial charge in [-0.2, -0.15) is 0 Å². The van der Waals surface area contributed by atoms with Gasteiger partial charge in [0, 0.05) is 25.2 Å². The molecule has 2 aliphatic rings. The fourth-order valence-corrected chi connectivity index (χ4v) is 2.51. The van der Waals surface area contributed by atoms with E-state index >= 15 is 0 Å². The van der Waals surface area contributed by atoms with Crippen molar-refractivity contribution in [3.05, 3.63) is 23.8 Å². The van der Waals surface area contributed by atoms with Crippen LogP contribution in [-0.2, 0) is 4.79 Å². The molecule has 0 aromatic heterocycles. The predicted molar refractivity (Wildman–Crippen MR) is 80.0 cm³/mol. The number of amides is 1. The van der Waals surface area contributed by atoms with Gasteiger partial charge in [-0.05, 0) is 18.2 Å². The van der Waals surface area contributed by atoms with Crippen molar-refractivity contribution < 1.29 is 24.2 Å². The first-order valence-electron chi connectivity index (χ1n) is 6.81. The molecule has 1 atom stereocenters. The van der Waals surface area contributed by atoms with E-state index in [1.54, 1.807) is 18.2 Å². The molecular weight excluding hydrogens is 312 g/mol. The number of aliphatic carboxylic acids is 1. The van der Waals surface area contributed by atoms with E-state index in [1.807, 2.05) is 0 Å². The minimum atomic E-state index is -1.01. The molecule has 1 aromatic carbocycles. The number of nitrogens with one attached hydrogen (secondary N) is 1. The summed E-state index contributed by atoms with van der Waals surface area (Å²) in [6.45, 7) is 2.13. The van der Waals surface area contributed by atoms with Crippen LogP contribution >= 0.6 is 12.4 Å². The Labute approximate surface area is 133 Å². The molecule has 8 heteroatoms. The first kappa shape index (κ1) is 16.4. The molecule has 2 N–H and O–H groups in total. The minimum absolute atomic E-state index is 0. The van der Waals surface area contributed by atoms with Gasteiger partial charge in [-0.15, -0.1) is 12.4 Å². The van der Waals surface area contributed by atoms with Crippen molar-refractivity contribution in [2.45, 2.75) is 6.04 Å². The van der Waals surface area contributed by atoms with Gasteiger partial charge in [-0.25, -0.2) is 4.79 Å². The second-order valence-corrected chi connectivity index (χ2v) is 4.92. The smallest absolute Gasteiger partial charge is 0.327 e. The predicted octanol–water partition coefficient (Wildman–Crippen LogP) is 0.378. The molecule has 0 aliphatic carbocycles. The summed E-state index contributed by atoms with van der Waals surface area (Å²) in [6, 6.07) is 4.08. The molecule has 3 rings (SSSR count). The largest absolute Gasteiger partial charge is 0.486 e. The first-order chi connectivity index (χ1) is 10.2. The summed E-state index contributed by atoms with van der Waals surface area (Å²) in [4.78, 5) is 25.2. The minimum Gasteiger partial charge on any atom is -0.486 e. The van der Waals surface area contributed by atoms with Crippen LogP contribution in [-0.4, -0.2) is 60.8 Å². The molecule has 0 bridgehead atoms. The molecule has 2 aliphatic heterocycles. The Hall–Kier alpha value is -1.99. The Morgan fingerprint density at radius 3 is 2.68 bits per heavy atom. The molecule has 120 valence electrons. The summed E-state index contributed by atoms with van der Waals surface area (Å²) < 4.78 is 10.9. The van der Waals surface area contributed by atoms with Crippen LogP contribution in [0, 0.1) is 0 Å². The van der Waals surface area contributed by atoms with Gasteiger partial charge in [0.05, 0.1) is 0 Å². The summed E-state index contributed by atoms with van der Waals surface area (Å²) in [5, 5.41) is 12.2. The summed E-state index contributed by atoms with van der Waals surface area (Å²) in [5.41, 5.74) is 0.410. The molecule has 0 saturated carbocycles. The lowest BCUT2D eigenvalue weighted by molar-refractivity contribution is -0.142. The van der Waals surface area contributed by atoms with Crippen molar-refractivity contribution in [3.8, 4) is 11.5 Å². The van der Waals surface area contributed by atoms with Crippen LogP contribution < -0.4 is 14.8 Å². The zero-order valence-corrected chi connectivity index (χ0v) is 12.6. The lowest BCUT2D eigenvalue weighted by Crippen LogP contribution is -2.56. The molecule has 1 saturated heterocycles. The molecule has 1 amide bonds. The van der Waals surface area contributed by atoms with Crippen molar-refractivity contribution in [2.75, 3.05) is 32.8 Å². The summed E-state index contributed by atoms with van der Waals surface area (Å²) in [7, 11) is 0. The number of carbonyl (C=O) groups excluding carboxylic acids is 1. The summed E-state index contributed by atoms with van der Waals surface area (Å²) >= 11 is 0. The summed E-state index contributed by atoms with van der Waals surface area (Å²) in [5.74, 6) is -0.184. The van der Waals surface area contributed by atoms with E-state index in [4.69, 9.17) is 9.47 Å². The topological polar surface area (TPSA) is 88.1 Å². The van der Waals surface area contributed by atoms with E-state index < -0.39 is 12.0 Å². The lowest BCUT2D eigenvalue weighted by Gasteiger charge is -2.33. The number of carboxylic acids is 1. The molecule has 1 aromatic rings. The van der Waals surface area contributed by atoms with Crippen LogP contribution in [0.3, 0.4) is 0 Å². The van der Waals surface area contributed by atoms with Crippen LogP contribution in [0.1, 0.15) is 10.4 Å². The highest BCUT2D eigenvalue weighted by atomic mass is 35.5. The average Bonchev–Trinajstić information content (AvgIpc) is 2.53. The number of benzene rings is 1. The monoisotopic (exact) mass is 328 g/mol. The number of carboxylic acid groups (broad SMARTS) is 1. The molecule has 0 spiro atoms. The Balaban J connectivity index is 0.00000176. The molecular formula is C14H17ClN2O5. The molecule has 7 nitrogen and oxygen atoms in total. The number of piperazine rings is 1. The fourth-order valence-electron chi connectivity index (χ4n) is 2.51. The van der Waals surface area contributed by atoms with Gasteiger partial charge >= 0.3 is 5.97 Å². The standard InChI is InChI=1S/C14H16N2O5.ClH/c17-13(16-4-3-15-8-10(16)14(18)19)9-1-2-11-12(7-9)21-6-5-20-11;/h1-2,7,10,15H,3-6,8H2,(H,18,19);1H. The lowest BCUT2D eigenvalue weighted by atomic mass is 10.1. The fraction of sp³-hybridized carbons (Fsp3) is 0.429. The first-order valence-corrected chi connectivity index (χ1v) is 6.81. The van der Waals surface area contributed by atoms with Crippen molar-refractivity contribution in [1.29, 1.82) is 0 Å². The SMILES string of the molecule is Cl.O=C(O)C1CNCCN1C(=O)c1ccc2c(c1)OCCO2. The number of hydrogen-bond donors (Lipinski definition) is 2. The van der Waals surface area contributed by atoms with Gasteiger partial charge in [0.25, 0.3) is 5.91 Å².